The maximum absolute atomic E-state index is 12.1. The molecule has 1 atom stereocenters. The number of benzene rings is 1. The standard InChI is InChI=1S/C16H19NO2/c1-11(17-16(18)12-6-2-3-7-12)15-10-13-8-4-5-9-14(13)19-15/h4-5,8-12H,2-3,6-7H2,1H3,(H,17,18)/t11-/m1/s1. The van der Waals surface area contributed by atoms with E-state index in [1.807, 2.05) is 37.3 Å². The van der Waals surface area contributed by atoms with E-state index in [0.29, 0.717) is 0 Å². The van der Waals surface area contributed by atoms with Gasteiger partial charge in [0.15, 0.2) is 0 Å². The Hall–Kier alpha value is -1.77. The van der Waals surface area contributed by atoms with Gasteiger partial charge in [0.2, 0.25) is 5.91 Å². The van der Waals surface area contributed by atoms with Crippen molar-refractivity contribution in [2.75, 3.05) is 0 Å². The predicted octanol–water partition coefficient (Wildman–Crippen LogP) is 3.80. The fourth-order valence-electron chi connectivity index (χ4n) is 2.81. The molecule has 100 valence electrons. The van der Waals surface area contributed by atoms with Crippen molar-refractivity contribution < 1.29 is 9.21 Å². The van der Waals surface area contributed by atoms with Gasteiger partial charge >= 0.3 is 0 Å². The van der Waals surface area contributed by atoms with Gasteiger partial charge in [0, 0.05) is 11.3 Å². The number of hydrogen-bond donors (Lipinski definition) is 1. The largest absolute Gasteiger partial charge is 0.459 e. The first-order valence-electron chi connectivity index (χ1n) is 7.03. The van der Waals surface area contributed by atoms with Gasteiger partial charge < -0.3 is 9.73 Å². The zero-order valence-corrected chi connectivity index (χ0v) is 11.2. The van der Waals surface area contributed by atoms with Crippen LogP contribution in [0.3, 0.4) is 0 Å². The molecule has 1 heterocycles. The molecule has 0 saturated heterocycles. The molecule has 1 aliphatic carbocycles. The molecule has 3 nitrogen and oxygen atoms in total. The highest BCUT2D eigenvalue weighted by Crippen LogP contribution is 2.27. The smallest absolute Gasteiger partial charge is 0.223 e. The SMILES string of the molecule is C[C@@H](NC(=O)C1CCCC1)c1cc2ccccc2o1. The van der Waals surface area contributed by atoms with E-state index < -0.39 is 0 Å². The van der Waals surface area contributed by atoms with Crippen LogP contribution in [-0.2, 0) is 4.79 Å². The number of amides is 1. The lowest BCUT2D eigenvalue weighted by atomic mass is 10.1. The van der Waals surface area contributed by atoms with Crippen LogP contribution in [0.4, 0.5) is 0 Å². The monoisotopic (exact) mass is 257 g/mol. The zero-order chi connectivity index (χ0) is 13.2. The molecule has 0 unspecified atom stereocenters. The molecule has 0 radical (unpaired) electrons. The number of carbonyl (C=O) groups is 1. The molecular formula is C16H19NO2. The number of rotatable bonds is 3. The molecule has 1 amide bonds. The highest BCUT2D eigenvalue weighted by atomic mass is 16.3. The second kappa shape index (κ2) is 5.08. The van der Waals surface area contributed by atoms with Crippen molar-refractivity contribution in [1.82, 2.24) is 5.32 Å². The van der Waals surface area contributed by atoms with Gasteiger partial charge in [-0.05, 0) is 31.9 Å². The second-order valence-electron chi connectivity index (χ2n) is 5.40. The fraction of sp³-hybridized carbons (Fsp3) is 0.438. The van der Waals surface area contributed by atoms with Gasteiger partial charge in [-0.25, -0.2) is 0 Å². The lowest BCUT2D eigenvalue weighted by Gasteiger charge is -2.14. The van der Waals surface area contributed by atoms with Crippen LogP contribution in [0.25, 0.3) is 11.0 Å². The van der Waals surface area contributed by atoms with Crippen LogP contribution in [0.1, 0.15) is 44.4 Å². The van der Waals surface area contributed by atoms with Gasteiger partial charge in [0.1, 0.15) is 11.3 Å². The van der Waals surface area contributed by atoms with Crippen molar-refractivity contribution in [3.63, 3.8) is 0 Å². The molecule has 19 heavy (non-hydrogen) atoms. The van der Waals surface area contributed by atoms with Crippen LogP contribution < -0.4 is 5.32 Å². The zero-order valence-electron chi connectivity index (χ0n) is 11.2. The van der Waals surface area contributed by atoms with E-state index in [0.717, 1.165) is 29.6 Å². The van der Waals surface area contributed by atoms with Gasteiger partial charge in [-0.15, -0.1) is 0 Å². The fourth-order valence-corrected chi connectivity index (χ4v) is 2.81. The van der Waals surface area contributed by atoms with E-state index in [-0.39, 0.29) is 17.9 Å². The first kappa shape index (κ1) is 12.3. The minimum absolute atomic E-state index is 0.0690. The average molecular weight is 257 g/mol. The van der Waals surface area contributed by atoms with Gasteiger partial charge in [-0.3, -0.25) is 4.79 Å². The lowest BCUT2D eigenvalue weighted by molar-refractivity contribution is -0.125. The summed E-state index contributed by atoms with van der Waals surface area (Å²) in [5.41, 5.74) is 0.875. The highest BCUT2D eigenvalue weighted by Gasteiger charge is 2.24. The molecule has 3 heteroatoms. The Morgan fingerprint density at radius 2 is 2.05 bits per heavy atom. The lowest BCUT2D eigenvalue weighted by Crippen LogP contribution is -2.31. The Bertz CT molecular complexity index is 548. The number of furan rings is 1. The summed E-state index contributed by atoms with van der Waals surface area (Å²) in [5.74, 6) is 1.20. The molecule has 0 spiro atoms. The number of fused-ring (bicyclic) bond motifs is 1. The van der Waals surface area contributed by atoms with Crippen molar-refractivity contribution in [2.45, 2.75) is 38.6 Å². The summed E-state index contributed by atoms with van der Waals surface area (Å²) in [6.07, 6.45) is 4.41. The molecule has 0 aliphatic heterocycles. The number of hydrogen-bond acceptors (Lipinski definition) is 2. The van der Waals surface area contributed by atoms with Crippen molar-refractivity contribution in [2.24, 2.45) is 5.92 Å². The van der Waals surface area contributed by atoms with Crippen molar-refractivity contribution >= 4 is 16.9 Å². The highest BCUT2D eigenvalue weighted by molar-refractivity contribution is 5.80. The molecule has 1 fully saturated rings. The third kappa shape index (κ3) is 2.50. The van der Waals surface area contributed by atoms with Crippen LogP contribution in [-0.4, -0.2) is 5.91 Å². The van der Waals surface area contributed by atoms with Crippen LogP contribution in [0.2, 0.25) is 0 Å². The van der Waals surface area contributed by atoms with E-state index in [9.17, 15) is 4.79 Å². The molecule has 1 saturated carbocycles. The summed E-state index contributed by atoms with van der Waals surface area (Å²) >= 11 is 0. The molecule has 1 aliphatic rings. The Balaban J connectivity index is 1.72. The third-order valence-electron chi connectivity index (χ3n) is 3.96. The van der Waals surface area contributed by atoms with Crippen molar-refractivity contribution in [1.29, 1.82) is 0 Å². The van der Waals surface area contributed by atoms with E-state index in [2.05, 4.69) is 5.32 Å². The first-order valence-corrected chi connectivity index (χ1v) is 7.03. The number of nitrogens with one attached hydrogen (secondary N) is 1. The summed E-state index contributed by atoms with van der Waals surface area (Å²) in [6, 6.07) is 9.86. The van der Waals surface area contributed by atoms with Crippen molar-refractivity contribution in [3.05, 3.63) is 36.1 Å². The minimum atomic E-state index is -0.0690. The van der Waals surface area contributed by atoms with E-state index in [1.54, 1.807) is 0 Å². The Kier molecular flexibility index (Phi) is 3.28. The topological polar surface area (TPSA) is 42.2 Å². The number of para-hydroxylation sites is 1. The summed E-state index contributed by atoms with van der Waals surface area (Å²) < 4.78 is 5.78. The molecule has 1 aromatic heterocycles. The molecular weight excluding hydrogens is 238 g/mol. The van der Waals surface area contributed by atoms with Crippen LogP contribution >= 0.6 is 0 Å². The van der Waals surface area contributed by atoms with E-state index in [4.69, 9.17) is 4.42 Å². The molecule has 2 aromatic rings. The van der Waals surface area contributed by atoms with Crippen LogP contribution in [0.5, 0.6) is 0 Å². The Labute approximate surface area is 113 Å². The maximum atomic E-state index is 12.1. The van der Waals surface area contributed by atoms with Gasteiger partial charge in [0.25, 0.3) is 0 Å². The van der Waals surface area contributed by atoms with Gasteiger partial charge in [-0.1, -0.05) is 31.0 Å². The first-order chi connectivity index (χ1) is 9.24. The molecule has 0 bridgehead atoms. The molecule has 1 N–H and O–H groups in total. The van der Waals surface area contributed by atoms with E-state index >= 15 is 0 Å². The average Bonchev–Trinajstić information content (AvgIpc) is 3.07. The van der Waals surface area contributed by atoms with Gasteiger partial charge in [0.05, 0.1) is 6.04 Å². The predicted molar refractivity (Wildman–Crippen MR) is 74.7 cm³/mol. The molecule has 1 aromatic carbocycles. The molecule has 3 rings (SSSR count). The van der Waals surface area contributed by atoms with Crippen molar-refractivity contribution in [3.8, 4) is 0 Å². The summed E-state index contributed by atoms with van der Waals surface area (Å²) in [5, 5.41) is 4.15. The van der Waals surface area contributed by atoms with Crippen LogP contribution in [0, 0.1) is 5.92 Å². The maximum Gasteiger partial charge on any atom is 0.223 e. The Morgan fingerprint density at radius 3 is 2.79 bits per heavy atom. The summed E-state index contributed by atoms with van der Waals surface area (Å²) in [4.78, 5) is 12.1. The normalized spacial score (nSPS) is 17.7. The number of carbonyl (C=O) groups excluding carboxylic acids is 1. The summed E-state index contributed by atoms with van der Waals surface area (Å²) in [6.45, 7) is 1.98. The third-order valence-corrected chi connectivity index (χ3v) is 3.96. The van der Waals surface area contributed by atoms with Gasteiger partial charge in [-0.2, -0.15) is 0 Å². The second-order valence-corrected chi connectivity index (χ2v) is 5.40. The minimum Gasteiger partial charge on any atom is -0.459 e. The quantitative estimate of drug-likeness (QED) is 0.908. The Morgan fingerprint density at radius 1 is 1.32 bits per heavy atom. The van der Waals surface area contributed by atoms with Crippen LogP contribution in [0.15, 0.2) is 34.7 Å². The van der Waals surface area contributed by atoms with E-state index in [1.165, 1.54) is 12.8 Å². The summed E-state index contributed by atoms with van der Waals surface area (Å²) in [7, 11) is 0.